The zero-order valence-corrected chi connectivity index (χ0v) is 18.0. The molecule has 1 N–H and O–H groups in total. The third kappa shape index (κ3) is 5.31. The van der Waals surface area contributed by atoms with Crippen LogP contribution in [0.4, 0.5) is 0 Å². The number of nitrogens with zero attached hydrogens (tertiary/aromatic N) is 3. The molecule has 0 aliphatic carbocycles. The van der Waals surface area contributed by atoms with Crippen molar-refractivity contribution in [1.29, 1.82) is 0 Å². The van der Waals surface area contributed by atoms with Crippen molar-refractivity contribution < 1.29 is 14.6 Å². The molecular weight excluding hydrogens is 386 g/mol. The maximum absolute atomic E-state index is 10.4. The summed E-state index contributed by atoms with van der Waals surface area (Å²) >= 11 is 1.48. The molecule has 6 nitrogen and oxygen atoms in total. The van der Waals surface area contributed by atoms with Gasteiger partial charge in [0.2, 0.25) is 0 Å². The second-order valence-corrected chi connectivity index (χ2v) is 8.03. The Morgan fingerprint density at radius 3 is 2.45 bits per heavy atom. The molecule has 0 aliphatic rings. The van der Waals surface area contributed by atoms with E-state index in [9.17, 15) is 5.11 Å². The lowest BCUT2D eigenvalue weighted by Crippen LogP contribution is -2.20. The van der Waals surface area contributed by atoms with Crippen molar-refractivity contribution in [2.24, 2.45) is 0 Å². The molecule has 0 fully saturated rings. The molecule has 7 heteroatoms. The van der Waals surface area contributed by atoms with Crippen LogP contribution in [0.5, 0.6) is 11.5 Å². The predicted octanol–water partition coefficient (Wildman–Crippen LogP) is 4.38. The van der Waals surface area contributed by atoms with Crippen LogP contribution in [0.3, 0.4) is 0 Å². The van der Waals surface area contributed by atoms with E-state index in [0.717, 1.165) is 33.6 Å². The number of ether oxygens (including phenoxy) is 2. The fraction of sp³-hybridized carbons (Fsp3) is 0.364. The van der Waals surface area contributed by atoms with Crippen LogP contribution in [-0.2, 0) is 0 Å². The van der Waals surface area contributed by atoms with Crippen molar-refractivity contribution in [1.82, 2.24) is 14.8 Å². The van der Waals surface area contributed by atoms with Crippen molar-refractivity contribution in [3.63, 3.8) is 0 Å². The molecule has 0 unspecified atom stereocenters. The number of aliphatic hydroxyl groups is 1. The summed E-state index contributed by atoms with van der Waals surface area (Å²) in [7, 11) is 1.65. The first kappa shape index (κ1) is 21.2. The van der Waals surface area contributed by atoms with Crippen LogP contribution >= 0.6 is 11.8 Å². The Kier molecular flexibility index (Phi) is 7.17. The molecular formula is C22H27N3O3S. The average molecular weight is 414 g/mol. The van der Waals surface area contributed by atoms with Gasteiger partial charge in [0.05, 0.1) is 13.2 Å². The highest BCUT2D eigenvalue weighted by atomic mass is 32.2. The van der Waals surface area contributed by atoms with Gasteiger partial charge in [0.15, 0.2) is 11.0 Å². The number of hydrogen-bond acceptors (Lipinski definition) is 6. The number of methoxy groups -OCH3 is 1. The average Bonchev–Trinajstić information content (AvgIpc) is 3.16. The highest BCUT2D eigenvalue weighted by Gasteiger charge is 2.18. The first-order chi connectivity index (χ1) is 14.0. The van der Waals surface area contributed by atoms with Crippen LogP contribution in [0.15, 0.2) is 53.7 Å². The van der Waals surface area contributed by atoms with Gasteiger partial charge >= 0.3 is 0 Å². The van der Waals surface area contributed by atoms with Crippen LogP contribution in [-0.4, -0.2) is 45.4 Å². The van der Waals surface area contributed by atoms with E-state index in [4.69, 9.17) is 9.47 Å². The van der Waals surface area contributed by atoms with Crippen LogP contribution in [0, 0.1) is 6.92 Å². The Labute approximate surface area is 175 Å². The molecule has 0 spiro atoms. The quantitative estimate of drug-likeness (QED) is 0.525. The highest BCUT2D eigenvalue weighted by molar-refractivity contribution is 7.99. The van der Waals surface area contributed by atoms with E-state index < -0.39 is 6.10 Å². The maximum atomic E-state index is 10.4. The topological polar surface area (TPSA) is 69.4 Å². The fourth-order valence-corrected chi connectivity index (χ4v) is 3.87. The summed E-state index contributed by atoms with van der Waals surface area (Å²) in [6.45, 7) is 6.41. The number of benzene rings is 2. The minimum Gasteiger partial charge on any atom is -0.497 e. The van der Waals surface area contributed by atoms with Gasteiger partial charge in [0.25, 0.3) is 0 Å². The van der Waals surface area contributed by atoms with Crippen LogP contribution in [0.25, 0.3) is 11.4 Å². The lowest BCUT2D eigenvalue weighted by atomic mass is 10.2. The van der Waals surface area contributed by atoms with Gasteiger partial charge in [-0.05, 0) is 56.7 Å². The number of hydrogen-bond donors (Lipinski definition) is 1. The van der Waals surface area contributed by atoms with Crippen LogP contribution in [0.2, 0.25) is 0 Å². The van der Waals surface area contributed by atoms with Gasteiger partial charge in [-0.1, -0.05) is 30.0 Å². The van der Waals surface area contributed by atoms with Gasteiger partial charge < -0.3 is 14.6 Å². The van der Waals surface area contributed by atoms with Gasteiger partial charge in [0.1, 0.15) is 18.1 Å². The van der Waals surface area contributed by atoms with Crippen molar-refractivity contribution in [2.75, 3.05) is 19.5 Å². The minimum atomic E-state index is -0.610. The molecule has 29 heavy (non-hydrogen) atoms. The van der Waals surface area contributed by atoms with Crippen molar-refractivity contribution in [2.45, 2.75) is 38.1 Å². The maximum Gasteiger partial charge on any atom is 0.191 e. The number of rotatable bonds is 9. The standard InChI is InChI=1S/C22H27N3O3S/c1-15(2)25-21(17-9-11-19(27-4)12-10-17)23-24-22(25)29-14-18(26)13-28-20-8-6-5-7-16(20)3/h5-12,15,18,26H,13-14H2,1-4H3/t18-/m1/s1. The summed E-state index contributed by atoms with van der Waals surface area (Å²) < 4.78 is 13.1. The molecule has 154 valence electrons. The summed E-state index contributed by atoms with van der Waals surface area (Å²) in [4.78, 5) is 0. The molecule has 0 saturated heterocycles. The summed E-state index contributed by atoms with van der Waals surface area (Å²) in [5.41, 5.74) is 2.03. The Balaban J connectivity index is 1.66. The summed E-state index contributed by atoms with van der Waals surface area (Å²) in [5.74, 6) is 2.87. The summed E-state index contributed by atoms with van der Waals surface area (Å²) in [6, 6.07) is 15.7. The molecule has 3 aromatic rings. The SMILES string of the molecule is COc1ccc(-c2nnc(SC[C@H](O)COc3ccccc3C)n2C(C)C)cc1. The largest absolute Gasteiger partial charge is 0.497 e. The number of para-hydroxylation sites is 1. The molecule has 2 aromatic carbocycles. The summed E-state index contributed by atoms with van der Waals surface area (Å²) in [6.07, 6.45) is -0.610. The van der Waals surface area contributed by atoms with Gasteiger partial charge in [-0.25, -0.2) is 0 Å². The number of aromatic nitrogens is 3. The van der Waals surface area contributed by atoms with Crippen molar-refractivity contribution >= 4 is 11.8 Å². The molecule has 0 saturated carbocycles. The van der Waals surface area contributed by atoms with Gasteiger partial charge in [-0.15, -0.1) is 10.2 Å². The van der Waals surface area contributed by atoms with E-state index in [0.29, 0.717) is 5.75 Å². The van der Waals surface area contributed by atoms with E-state index in [1.54, 1.807) is 7.11 Å². The monoisotopic (exact) mass is 413 g/mol. The molecule has 1 aromatic heterocycles. The number of thioether (sulfide) groups is 1. The lowest BCUT2D eigenvalue weighted by molar-refractivity contribution is 0.126. The second-order valence-electron chi connectivity index (χ2n) is 7.04. The number of aryl methyl sites for hydroxylation is 1. The molecule has 0 amide bonds. The van der Waals surface area contributed by atoms with E-state index >= 15 is 0 Å². The Morgan fingerprint density at radius 1 is 1.07 bits per heavy atom. The first-order valence-corrected chi connectivity index (χ1v) is 10.6. The molecule has 0 bridgehead atoms. The third-order valence-corrected chi connectivity index (χ3v) is 5.55. The third-order valence-electron chi connectivity index (χ3n) is 4.46. The molecule has 0 radical (unpaired) electrons. The molecule has 1 heterocycles. The fourth-order valence-electron chi connectivity index (χ4n) is 2.90. The zero-order valence-electron chi connectivity index (χ0n) is 17.2. The molecule has 1 atom stereocenters. The van der Waals surface area contributed by atoms with E-state index in [2.05, 4.69) is 28.6 Å². The first-order valence-electron chi connectivity index (χ1n) is 9.58. The predicted molar refractivity (Wildman–Crippen MR) is 116 cm³/mol. The minimum absolute atomic E-state index is 0.185. The number of aliphatic hydroxyl groups excluding tert-OH is 1. The Bertz CT molecular complexity index is 925. The summed E-state index contributed by atoms with van der Waals surface area (Å²) in [5, 5.41) is 19.9. The van der Waals surface area contributed by atoms with Gasteiger partial charge in [-0.2, -0.15) is 0 Å². The smallest absolute Gasteiger partial charge is 0.191 e. The van der Waals surface area contributed by atoms with Gasteiger partial charge in [-0.3, -0.25) is 4.57 Å². The normalized spacial score (nSPS) is 12.2. The molecule has 0 aliphatic heterocycles. The van der Waals surface area contributed by atoms with Crippen molar-refractivity contribution in [3.05, 3.63) is 54.1 Å². The highest BCUT2D eigenvalue weighted by Crippen LogP contribution is 2.29. The zero-order chi connectivity index (χ0) is 20.8. The van der Waals surface area contributed by atoms with Crippen LogP contribution in [0.1, 0.15) is 25.5 Å². The van der Waals surface area contributed by atoms with Gasteiger partial charge in [0, 0.05) is 17.4 Å². The lowest BCUT2D eigenvalue weighted by Gasteiger charge is -2.16. The van der Waals surface area contributed by atoms with E-state index in [1.807, 2.05) is 55.5 Å². The molecule has 3 rings (SSSR count). The van der Waals surface area contributed by atoms with Crippen molar-refractivity contribution in [3.8, 4) is 22.9 Å². The van der Waals surface area contributed by atoms with E-state index in [1.165, 1.54) is 11.8 Å². The Hall–Kier alpha value is -2.51. The van der Waals surface area contributed by atoms with Crippen LogP contribution < -0.4 is 9.47 Å². The van der Waals surface area contributed by atoms with E-state index in [-0.39, 0.29) is 12.6 Å². The second kappa shape index (κ2) is 9.80. The Morgan fingerprint density at radius 2 is 1.79 bits per heavy atom.